The van der Waals surface area contributed by atoms with E-state index >= 15 is 0 Å². The van der Waals surface area contributed by atoms with E-state index in [-0.39, 0.29) is 16.8 Å². The number of nitrogens with zero attached hydrogens (tertiary/aromatic N) is 3. The van der Waals surface area contributed by atoms with E-state index in [0.29, 0.717) is 43.6 Å². The molecule has 0 aliphatic carbocycles. The number of anilines is 1. The second kappa shape index (κ2) is 9.53. The summed E-state index contributed by atoms with van der Waals surface area (Å²) in [6.07, 6.45) is 1.40. The number of halogens is 1. The first-order valence-corrected chi connectivity index (χ1v) is 9.54. The highest BCUT2D eigenvalue weighted by molar-refractivity contribution is 6.33. The number of aromatic nitrogens is 2. The van der Waals surface area contributed by atoms with Crippen LogP contribution in [0.25, 0.3) is 0 Å². The molecule has 1 aromatic heterocycles. The first-order chi connectivity index (χ1) is 13.9. The van der Waals surface area contributed by atoms with Crippen molar-refractivity contribution in [1.82, 2.24) is 20.8 Å². The maximum Gasteiger partial charge on any atom is 0.290 e. The van der Waals surface area contributed by atoms with E-state index in [0.717, 1.165) is 0 Å². The van der Waals surface area contributed by atoms with Gasteiger partial charge in [-0.1, -0.05) is 11.6 Å². The molecule has 9 nitrogen and oxygen atoms in total. The van der Waals surface area contributed by atoms with Gasteiger partial charge in [0.25, 0.3) is 11.8 Å². The number of nitrogens with one attached hydrogen (secondary N) is 2. The Labute approximate surface area is 173 Å². The Morgan fingerprint density at radius 3 is 2.45 bits per heavy atom. The van der Waals surface area contributed by atoms with Crippen LogP contribution in [0.15, 0.2) is 30.5 Å². The van der Waals surface area contributed by atoms with E-state index in [9.17, 15) is 9.59 Å². The van der Waals surface area contributed by atoms with E-state index in [1.807, 2.05) is 18.7 Å². The average Bonchev–Trinajstić information content (AvgIpc) is 2.73. The van der Waals surface area contributed by atoms with Gasteiger partial charge in [-0.3, -0.25) is 20.4 Å². The van der Waals surface area contributed by atoms with Crippen LogP contribution in [-0.4, -0.2) is 54.2 Å². The van der Waals surface area contributed by atoms with Gasteiger partial charge in [0.15, 0.2) is 5.69 Å². The lowest BCUT2D eigenvalue weighted by molar-refractivity contribution is 0.0844. The van der Waals surface area contributed by atoms with Crippen LogP contribution in [-0.2, 0) is 4.74 Å². The third kappa shape index (κ3) is 5.55. The van der Waals surface area contributed by atoms with Crippen LogP contribution in [0.3, 0.4) is 0 Å². The smallest absolute Gasteiger partial charge is 0.290 e. The summed E-state index contributed by atoms with van der Waals surface area (Å²) in [6, 6.07) is 6.58. The maximum atomic E-state index is 12.4. The van der Waals surface area contributed by atoms with Crippen molar-refractivity contribution in [1.29, 1.82) is 0 Å². The highest BCUT2D eigenvalue weighted by Gasteiger charge is 2.19. The zero-order valence-electron chi connectivity index (χ0n) is 16.1. The first-order valence-electron chi connectivity index (χ1n) is 9.16. The number of hydrogen-bond acceptors (Lipinski definition) is 7. The number of rotatable bonds is 5. The van der Waals surface area contributed by atoms with Gasteiger partial charge in [-0.2, -0.15) is 0 Å². The summed E-state index contributed by atoms with van der Waals surface area (Å²) >= 11 is 6.07. The minimum absolute atomic E-state index is 0.0239. The average molecular weight is 420 g/mol. The van der Waals surface area contributed by atoms with Crippen molar-refractivity contribution in [3.63, 3.8) is 0 Å². The number of hydrogen-bond donors (Lipinski definition) is 2. The van der Waals surface area contributed by atoms with Crippen LogP contribution >= 0.6 is 11.6 Å². The van der Waals surface area contributed by atoms with E-state index < -0.39 is 11.8 Å². The standard InChI is InChI=1S/C19H22ClN5O4/c1-12(2)29-14-5-3-13(4-6-14)17(26)23-24-18(27)16-15(20)11-21-19(22-16)25-7-9-28-10-8-25/h3-6,11-12H,7-10H2,1-2H3,(H,23,26)(H,24,27). The minimum atomic E-state index is -0.639. The van der Waals surface area contributed by atoms with Crippen LogP contribution in [0.4, 0.5) is 5.95 Å². The van der Waals surface area contributed by atoms with Gasteiger partial charge in [0, 0.05) is 18.7 Å². The van der Waals surface area contributed by atoms with Crippen molar-refractivity contribution in [2.75, 3.05) is 31.2 Å². The summed E-state index contributed by atoms with van der Waals surface area (Å²) in [5.41, 5.74) is 5.02. The van der Waals surface area contributed by atoms with Gasteiger partial charge in [0.05, 0.1) is 30.5 Å². The van der Waals surface area contributed by atoms with E-state index in [4.69, 9.17) is 21.1 Å². The second-order valence-corrected chi connectivity index (χ2v) is 6.97. The molecule has 0 saturated carbocycles. The normalized spacial score (nSPS) is 13.9. The molecule has 29 heavy (non-hydrogen) atoms. The molecule has 0 spiro atoms. The van der Waals surface area contributed by atoms with Gasteiger partial charge in [0.1, 0.15) is 5.75 Å². The van der Waals surface area contributed by atoms with Gasteiger partial charge in [-0.05, 0) is 38.1 Å². The molecule has 3 rings (SSSR count). The van der Waals surface area contributed by atoms with Crippen molar-refractivity contribution in [2.24, 2.45) is 0 Å². The predicted octanol–water partition coefficient (Wildman–Crippen LogP) is 1.83. The Kier molecular flexibility index (Phi) is 6.84. The quantitative estimate of drug-likeness (QED) is 0.712. The highest BCUT2D eigenvalue weighted by atomic mass is 35.5. The molecule has 1 aliphatic rings. The van der Waals surface area contributed by atoms with Gasteiger partial charge >= 0.3 is 0 Å². The molecule has 1 saturated heterocycles. The van der Waals surface area contributed by atoms with E-state index in [2.05, 4.69) is 20.8 Å². The monoisotopic (exact) mass is 419 g/mol. The lowest BCUT2D eigenvalue weighted by Gasteiger charge is -2.26. The Morgan fingerprint density at radius 1 is 1.14 bits per heavy atom. The van der Waals surface area contributed by atoms with Crippen LogP contribution in [0.1, 0.15) is 34.7 Å². The number of amides is 2. The van der Waals surface area contributed by atoms with E-state index in [1.54, 1.807) is 24.3 Å². The highest BCUT2D eigenvalue weighted by Crippen LogP contribution is 2.17. The number of carbonyl (C=O) groups is 2. The van der Waals surface area contributed by atoms with Crippen molar-refractivity contribution in [3.05, 3.63) is 46.7 Å². The second-order valence-electron chi connectivity index (χ2n) is 6.57. The first kappa shape index (κ1) is 20.8. The maximum absolute atomic E-state index is 12.4. The van der Waals surface area contributed by atoms with Crippen molar-refractivity contribution >= 4 is 29.4 Å². The molecule has 0 unspecified atom stereocenters. The fourth-order valence-corrected chi connectivity index (χ4v) is 2.81. The lowest BCUT2D eigenvalue weighted by atomic mass is 10.2. The number of morpholine rings is 1. The molecule has 2 amide bonds. The number of hydrazine groups is 1. The van der Waals surface area contributed by atoms with Crippen molar-refractivity contribution in [3.8, 4) is 5.75 Å². The molecule has 1 aliphatic heterocycles. The molecule has 2 N–H and O–H groups in total. The van der Waals surface area contributed by atoms with Crippen molar-refractivity contribution < 1.29 is 19.1 Å². The fraction of sp³-hybridized carbons (Fsp3) is 0.368. The Hall–Kier alpha value is -2.91. The number of benzene rings is 1. The van der Waals surface area contributed by atoms with Crippen LogP contribution < -0.4 is 20.5 Å². The van der Waals surface area contributed by atoms with Crippen LogP contribution in [0.2, 0.25) is 5.02 Å². The van der Waals surface area contributed by atoms with E-state index in [1.165, 1.54) is 6.20 Å². The molecule has 10 heteroatoms. The molecule has 1 aromatic carbocycles. The Morgan fingerprint density at radius 2 is 1.79 bits per heavy atom. The number of carbonyl (C=O) groups excluding carboxylic acids is 2. The molecule has 0 atom stereocenters. The predicted molar refractivity (Wildman–Crippen MR) is 107 cm³/mol. The van der Waals surface area contributed by atoms with Gasteiger partial charge < -0.3 is 14.4 Å². The molecule has 2 aromatic rings. The molecular weight excluding hydrogens is 398 g/mol. The zero-order chi connectivity index (χ0) is 20.8. The topological polar surface area (TPSA) is 106 Å². The van der Waals surface area contributed by atoms with Crippen LogP contribution in [0, 0.1) is 0 Å². The number of ether oxygens (including phenoxy) is 2. The molecule has 2 heterocycles. The summed E-state index contributed by atoms with van der Waals surface area (Å²) in [6.45, 7) is 6.19. The fourth-order valence-electron chi connectivity index (χ4n) is 2.63. The summed E-state index contributed by atoms with van der Waals surface area (Å²) in [5, 5.41) is 0.0870. The molecular formula is C19H22ClN5O4. The zero-order valence-corrected chi connectivity index (χ0v) is 16.9. The third-order valence-electron chi connectivity index (χ3n) is 4.02. The van der Waals surface area contributed by atoms with Crippen molar-refractivity contribution in [2.45, 2.75) is 20.0 Å². The van der Waals surface area contributed by atoms with Crippen LogP contribution in [0.5, 0.6) is 5.75 Å². The summed E-state index contributed by atoms with van der Waals surface area (Å²) in [5.74, 6) is -0.0769. The van der Waals surface area contributed by atoms with Gasteiger partial charge in [0.2, 0.25) is 5.95 Å². The minimum Gasteiger partial charge on any atom is -0.491 e. The third-order valence-corrected chi connectivity index (χ3v) is 4.29. The lowest BCUT2D eigenvalue weighted by Crippen LogP contribution is -2.42. The summed E-state index contributed by atoms with van der Waals surface area (Å²) in [4.78, 5) is 35.0. The summed E-state index contributed by atoms with van der Waals surface area (Å²) in [7, 11) is 0. The Balaban J connectivity index is 1.62. The summed E-state index contributed by atoms with van der Waals surface area (Å²) < 4.78 is 10.8. The Bertz CT molecular complexity index is 869. The SMILES string of the molecule is CC(C)Oc1ccc(C(=O)NNC(=O)c2nc(N3CCOCC3)ncc2Cl)cc1. The van der Waals surface area contributed by atoms with Gasteiger partial charge in [-0.25, -0.2) is 9.97 Å². The van der Waals surface area contributed by atoms with Gasteiger partial charge in [-0.15, -0.1) is 0 Å². The molecule has 154 valence electrons. The molecule has 0 bridgehead atoms. The molecule has 0 radical (unpaired) electrons. The molecule has 1 fully saturated rings. The largest absolute Gasteiger partial charge is 0.491 e.